The summed E-state index contributed by atoms with van der Waals surface area (Å²) in [7, 11) is 0. The molecule has 1 aliphatic rings. The third-order valence-electron chi connectivity index (χ3n) is 5.79. The van der Waals surface area contributed by atoms with Crippen molar-refractivity contribution in [3.05, 3.63) is 71.6 Å². The van der Waals surface area contributed by atoms with Crippen LogP contribution in [0.5, 0.6) is 0 Å². The van der Waals surface area contributed by atoms with Crippen molar-refractivity contribution in [2.45, 2.75) is 32.5 Å². The molecule has 11 heteroatoms. The first-order valence-electron chi connectivity index (χ1n) is 10.9. The van der Waals surface area contributed by atoms with E-state index in [2.05, 4.69) is 25.4 Å². The first-order chi connectivity index (χ1) is 16.7. The Morgan fingerprint density at radius 1 is 1.11 bits per heavy atom. The molecule has 0 saturated heterocycles. The Hall–Kier alpha value is -3.86. The molecule has 180 valence electrons. The van der Waals surface area contributed by atoms with Crippen LogP contribution < -0.4 is 5.32 Å². The average Bonchev–Trinajstić information content (AvgIpc) is 3.44. The molecule has 0 fully saturated rings. The fourth-order valence-electron chi connectivity index (χ4n) is 4.26. The maximum atomic E-state index is 14.6. The Morgan fingerprint density at radius 2 is 1.86 bits per heavy atom. The monoisotopic (exact) mass is 484 g/mol. The van der Waals surface area contributed by atoms with Crippen LogP contribution in [0.2, 0.25) is 0 Å². The van der Waals surface area contributed by atoms with Crippen molar-refractivity contribution < 1.29 is 22.7 Å². The van der Waals surface area contributed by atoms with Crippen LogP contribution in [0.25, 0.3) is 27.9 Å². The molecule has 4 aromatic rings. The van der Waals surface area contributed by atoms with Gasteiger partial charge in [0, 0.05) is 60.1 Å². The topological polar surface area (TPSA) is 88.8 Å². The largest absolute Gasteiger partial charge is 0.435 e. The van der Waals surface area contributed by atoms with Gasteiger partial charge in [0.1, 0.15) is 11.9 Å². The third kappa shape index (κ3) is 4.01. The number of pyridine rings is 1. The predicted octanol–water partition coefficient (Wildman–Crippen LogP) is 4.94. The van der Waals surface area contributed by atoms with Gasteiger partial charge in [-0.3, -0.25) is 4.98 Å². The quantitative estimate of drug-likeness (QED) is 0.344. The smallest absolute Gasteiger partial charge is 0.385 e. The van der Waals surface area contributed by atoms with E-state index in [0.29, 0.717) is 52.3 Å². The molecule has 0 spiro atoms. The van der Waals surface area contributed by atoms with E-state index in [1.807, 2.05) is 6.92 Å². The second-order valence-electron chi connectivity index (χ2n) is 8.18. The Morgan fingerprint density at radius 3 is 2.49 bits per heavy atom. The zero-order valence-electron chi connectivity index (χ0n) is 18.7. The van der Waals surface area contributed by atoms with Gasteiger partial charge < -0.3 is 10.4 Å². The van der Waals surface area contributed by atoms with E-state index in [0.717, 1.165) is 16.3 Å². The van der Waals surface area contributed by atoms with Crippen LogP contribution in [-0.4, -0.2) is 36.4 Å². The summed E-state index contributed by atoms with van der Waals surface area (Å²) in [6.07, 6.45) is 0.524. The van der Waals surface area contributed by atoms with E-state index in [-0.39, 0.29) is 5.82 Å². The number of hydrogen-bond donors (Lipinski definition) is 2. The number of fused-ring (bicyclic) bond motifs is 3. The van der Waals surface area contributed by atoms with Crippen molar-refractivity contribution >= 4 is 5.69 Å². The maximum Gasteiger partial charge on any atom is 0.435 e. The fraction of sp³-hybridized carbons (Fsp3) is 0.250. The molecule has 3 heterocycles. The molecule has 0 radical (unpaired) electrons. The molecule has 0 bridgehead atoms. The van der Waals surface area contributed by atoms with E-state index in [4.69, 9.17) is 0 Å². The van der Waals surface area contributed by atoms with Crippen LogP contribution in [-0.2, 0) is 12.6 Å². The number of benzene rings is 1. The molecule has 7 nitrogen and oxygen atoms in total. The van der Waals surface area contributed by atoms with E-state index in [1.165, 1.54) is 43.8 Å². The van der Waals surface area contributed by atoms with Gasteiger partial charge in [-0.2, -0.15) is 18.3 Å². The number of anilines is 1. The predicted molar refractivity (Wildman–Crippen MR) is 120 cm³/mol. The van der Waals surface area contributed by atoms with Crippen molar-refractivity contribution in [1.82, 2.24) is 24.7 Å². The minimum absolute atomic E-state index is 0.200. The number of aliphatic hydroxyl groups is 1. The Balaban J connectivity index is 1.78. The number of nitrogens with one attached hydrogen (secondary N) is 1. The Bertz CT molecular complexity index is 1410. The molecule has 1 aliphatic carbocycles. The lowest BCUT2D eigenvalue weighted by Crippen LogP contribution is -2.09. The molecular weight excluding hydrogens is 464 g/mol. The van der Waals surface area contributed by atoms with Crippen LogP contribution in [0.4, 0.5) is 23.2 Å². The Kier molecular flexibility index (Phi) is 5.51. The number of alkyl halides is 3. The molecule has 1 unspecified atom stereocenters. The van der Waals surface area contributed by atoms with E-state index >= 15 is 0 Å². The summed E-state index contributed by atoms with van der Waals surface area (Å²) in [5.41, 5.74) is 3.16. The van der Waals surface area contributed by atoms with E-state index in [1.54, 1.807) is 0 Å². The summed E-state index contributed by atoms with van der Waals surface area (Å²) < 4.78 is 55.9. The lowest BCUT2D eigenvalue weighted by molar-refractivity contribution is -0.141. The van der Waals surface area contributed by atoms with Crippen molar-refractivity contribution in [2.75, 3.05) is 11.9 Å². The number of rotatable bonds is 5. The molecular formula is C24H20F4N6O. The minimum Gasteiger partial charge on any atom is -0.385 e. The van der Waals surface area contributed by atoms with Gasteiger partial charge in [0.05, 0.1) is 11.4 Å². The van der Waals surface area contributed by atoms with Crippen molar-refractivity contribution in [3.63, 3.8) is 0 Å². The molecule has 0 saturated carbocycles. The van der Waals surface area contributed by atoms with Crippen LogP contribution in [0.15, 0.2) is 43.0 Å². The first-order valence-corrected chi connectivity index (χ1v) is 10.9. The van der Waals surface area contributed by atoms with Crippen LogP contribution in [0.1, 0.15) is 42.7 Å². The normalized spacial score (nSPS) is 13.5. The van der Waals surface area contributed by atoms with Gasteiger partial charge in [-0.05, 0) is 43.2 Å². The highest BCUT2D eigenvalue weighted by Crippen LogP contribution is 2.46. The number of hydrogen-bond acceptors (Lipinski definition) is 6. The summed E-state index contributed by atoms with van der Waals surface area (Å²) in [5.74, 6) is -0.282. The van der Waals surface area contributed by atoms with Crippen molar-refractivity contribution in [1.29, 1.82) is 0 Å². The highest BCUT2D eigenvalue weighted by molar-refractivity contribution is 5.91. The van der Waals surface area contributed by atoms with Gasteiger partial charge in [0.15, 0.2) is 11.5 Å². The highest BCUT2D eigenvalue weighted by Gasteiger charge is 2.35. The number of nitrogens with zero attached hydrogens (tertiary/aromatic N) is 5. The second kappa shape index (κ2) is 8.42. The second-order valence-corrected chi connectivity index (χ2v) is 8.18. The zero-order chi connectivity index (χ0) is 24.9. The lowest BCUT2D eigenvalue weighted by atomic mass is 9.99. The molecule has 35 heavy (non-hydrogen) atoms. The SMILES string of the molecule is CCNc1cc(F)cc2c1Cc1ncc(-c3cnc(C(C)O)nc3)c(-n3ccc(C(F)(F)F)n3)c1-2. The molecule has 5 rings (SSSR count). The lowest BCUT2D eigenvalue weighted by Gasteiger charge is -2.16. The van der Waals surface area contributed by atoms with Gasteiger partial charge in [0.25, 0.3) is 0 Å². The molecule has 3 aromatic heterocycles. The molecule has 1 aromatic carbocycles. The van der Waals surface area contributed by atoms with E-state index in [9.17, 15) is 22.7 Å². The van der Waals surface area contributed by atoms with Crippen LogP contribution in [0, 0.1) is 5.82 Å². The van der Waals surface area contributed by atoms with Crippen LogP contribution in [0.3, 0.4) is 0 Å². The fourth-order valence-corrected chi connectivity index (χ4v) is 4.26. The number of aromatic nitrogens is 5. The number of aliphatic hydroxyl groups excluding tert-OH is 1. The first kappa shape index (κ1) is 22.9. The minimum atomic E-state index is -4.63. The van der Waals surface area contributed by atoms with Crippen LogP contribution >= 0.6 is 0 Å². The average molecular weight is 484 g/mol. The van der Waals surface area contributed by atoms with E-state index < -0.39 is 23.8 Å². The summed E-state index contributed by atoms with van der Waals surface area (Å²) in [6.45, 7) is 3.98. The van der Waals surface area contributed by atoms with Crippen molar-refractivity contribution in [3.8, 4) is 27.9 Å². The highest BCUT2D eigenvalue weighted by atomic mass is 19.4. The molecule has 2 N–H and O–H groups in total. The summed E-state index contributed by atoms with van der Waals surface area (Å²) in [6, 6.07) is 3.64. The number of halogens is 4. The third-order valence-corrected chi connectivity index (χ3v) is 5.79. The van der Waals surface area contributed by atoms with Gasteiger partial charge >= 0.3 is 6.18 Å². The van der Waals surface area contributed by atoms with Gasteiger partial charge in [-0.15, -0.1) is 0 Å². The standard InChI is InChI=1S/C24H20F4N6O/c1-3-29-18-7-14(25)6-16-15(18)8-19-21(16)22(34-5-4-20(33-34)24(26,27)28)17(11-30-19)13-9-31-23(12(2)35)32-10-13/h4-7,9-12,29,35H,3,8H2,1-2H3. The molecule has 1 atom stereocenters. The van der Waals surface area contributed by atoms with Gasteiger partial charge in [0.2, 0.25) is 0 Å². The zero-order valence-corrected chi connectivity index (χ0v) is 18.7. The Labute approximate surface area is 197 Å². The van der Waals surface area contributed by atoms with Crippen molar-refractivity contribution in [2.24, 2.45) is 0 Å². The van der Waals surface area contributed by atoms with Gasteiger partial charge in [-0.25, -0.2) is 19.0 Å². The van der Waals surface area contributed by atoms with Gasteiger partial charge in [-0.1, -0.05) is 0 Å². The molecule has 0 aliphatic heterocycles. The molecule has 0 amide bonds. The summed E-state index contributed by atoms with van der Waals surface area (Å²) in [4.78, 5) is 12.9. The summed E-state index contributed by atoms with van der Waals surface area (Å²) >= 11 is 0. The maximum absolute atomic E-state index is 14.6. The summed E-state index contributed by atoms with van der Waals surface area (Å²) in [5, 5.41) is 16.7.